The zero-order valence-electron chi connectivity index (χ0n) is 12.8. The number of methoxy groups -OCH3 is 1. The third-order valence-electron chi connectivity index (χ3n) is 3.32. The van der Waals surface area contributed by atoms with E-state index >= 15 is 0 Å². The SMILES string of the molecule is COc1ccccc1CC(=O)Nc1nc(-c2ccnc(Cl)c2)cs1. The van der Waals surface area contributed by atoms with Gasteiger partial charge in [0, 0.05) is 22.7 Å². The lowest BCUT2D eigenvalue weighted by Gasteiger charge is -2.07. The van der Waals surface area contributed by atoms with Crippen LogP contribution in [0.4, 0.5) is 5.13 Å². The minimum atomic E-state index is -0.145. The first-order chi connectivity index (χ1) is 11.7. The monoisotopic (exact) mass is 359 g/mol. The molecule has 1 N–H and O–H groups in total. The number of carbonyl (C=O) groups excluding carboxylic acids is 1. The molecule has 5 nitrogen and oxygen atoms in total. The largest absolute Gasteiger partial charge is 0.496 e. The molecule has 0 atom stereocenters. The van der Waals surface area contributed by atoms with Crippen LogP contribution in [0, 0.1) is 0 Å². The van der Waals surface area contributed by atoms with Gasteiger partial charge in [-0.2, -0.15) is 0 Å². The summed E-state index contributed by atoms with van der Waals surface area (Å²) in [4.78, 5) is 20.6. The molecule has 2 heterocycles. The van der Waals surface area contributed by atoms with E-state index in [0.29, 0.717) is 16.0 Å². The van der Waals surface area contributed by atoms with Crippen molar-refractivity contribution in [1.29, 1.82) is 0 Å². The number of para-hydroxylation sites is 1. The lowest BCUT2D eigenvalue weighted by Crippen LogP contribution is -2.14. The molecule has 0 unspecified atom stereocenters. The molecule has 2 aromatic heterocycles. The van der Waals surface area contributed by atoms with Crippen LogP contribution in [0.2, 0.25) is 5.15 Å². The van der Waals surface area contributed by atoms with Crippen molar-refractivity contribution in [2.24, 2.45) is 0 Å². The Balaban J connectivity index is 1.69. The average Bonchev–Trinajstić information content (AvgIpc) is 3.03. The number of aromatic nitrogens is 2. The molecule has 0 saturated carbocycles. The van der Waals surface area contributed by atoms with E-state index in [1.165, 1.54) is 11.3 Å². The summed E-state index contributed by atoms with van der Waals surface area (Å²) < 4.78 is 5.26. The predicted molar refractivity (Wildman–Crippen MR) is 95.7 cm³/mol. The molecule has 24 heavy (non-hydrogen) atoms. The summed E-state index contributed by atoms with van der Waals surface area (Å²) in [5, 5.41) is 5.62. The highest BCUT2D eigenvalue weighted by Gasteiger charge is 2.11. The molecular weight excluding hydrogens is 346 g/mol. The Morgan fingerprint density at radius 2 is 2.17 bits per heavy atom. The van der Waals surface area contributed by atoms with Gasteiger partial charge in [-0.15, -0.1) is 11.3 Å². The van der Waals surface area contributed by atoms with Gasteiger partial charge in [-0.05, 0) is 18.2 Å². The Kier molecular flexibility index (Phi) is 5.08. The van der Waals surface area contributed by atoms with Crippen LogP contribution in [0.25, 0.3) is 11.3 Å². The van der Waals surface area contributed by atoms with E-state index in [4.69, 9.17) is 16.3 Å². The molecule has 0 aliphatic carbocycles. The Morgan fingerprint density at radius 3 is 2.96 bits per heavy atom. The van der Waals surface area contributed by atoms with Gasteiger partial charge in [0.25, 0.3) is 0 Å². The summed E-state index contributed by atoms with van der Waals surface area (Å²) in [6.07, 6.45) is 1.84. The number of rotatable bonds is 5. The van der Waals surface area contributed by atoms with Crippen molar-refractivity contribution in [2.75, 3.05) is 12.4 Å². The summed E-state index contributed by atoms with van der Waals surface area (Å²) in [5.41, 5.74) is 2.43. The van der Waals surface area contributed by atoms with E-state index in [1.54, 1.807) is 19.4 Å². The maximum Gasteiger partial charge on any atom is 0.230 e. The number of anilines is 1. The second-order valence-electron chi connectivity index (χ2n) is 4.94. The van der Waals surface area contributed by atoms with Crippen LogP contribution in [0.5, 0.6) is 5.75 Å². The van der Waals surface area contributed by atoms with Gasteiger partial charge in [-0.1, -0.05) is 29.8 Å². The quantitative estimate of drug-likeness (QED) is 0.698. The van der Waals surface area contributed by atoms with E-state index in [-0.39, 0.29) is 12.3 Å². The van der Waals surface area contributed by atoms with Crippen molar-refractivity contribution in [3.8, 4) is 17.0 Å². The van der Waals surface area contributed by atoms with Gasteiger partial charge >= 0.3 is 0 Å². The van der Waals surface area contributed by atoms with Crippen LogP contribution in [0.3, 0.4) is 0 Å². The molecule has 3 aromatic rings. The van der Waals surface area contributed by atoms with Crippen LogP contribution < -0.4 is 10.1 Å². The normalized spacial score (nSPS) is 10.4. The number of halogens is 1. The van der Waals surface area contributed by atoms with Gasteiger partial charge in [0.2, 0.25) is 5.91 Å². The fourth-order valence-electron chi connectivity index (χ4n) is 2.21. The second-order valence-corrected chi connectivity index (χ2v) is 6.19. The predicted octanol–water partition coefficient (Wildman–Crippen LogP) is 4.05. The van der Waals surface area contributed by atoms with Crippen molar-refractivity contribution < 1.29 is 9.53 Å². The molecule has 0 bridgehead atoms. The minimum absolute atomic E-state index is 0.145. The Morgan fingerprint density at radius 1 is 1.33 bits per heavy atom. The first-order valence-corrected chi connectivity index (χ1v) is 8.40. The molecule has 0 spiro atoms. The standard InChI is InChI=1S/C17H14ClN3O2S/c1-23-14-5-3-2-4-12(14)9-16(22)21-17-20-13(10-24-17)11-6-7-19-15(18)8-11/h2-8,10H,9H2,1H3,(H,20,21,22). The van der Waals surface area contributed by atoms with Gasteiger partial charge in [0.05, 0.1) is 19.2 Å². The van der Waals surface area contributed by atoms with Crippen molar-refractivity contribution in [3.05, 3.63) is 58.7 Å². The number of pyridine rings is 1. The molecule has 1 amide bonds. The van der Waals surface area contributed by atoms with E-state index in [2.05, 4.69) is 15.3 Å². The first kappa shape index (κ1) is 16.4. The maximum absolute atomic E-state index is 12.2. The highest BCUT2D eigenvalue weighted by molar-refractivity contribution is 7.14. The van der Waals surface area contributed by atoms with Gasteiger partial charge < -0.3 is 10.1 Å². The number of hydrogen-bond acceptors (Lipinski definition) is 5. The third kappa shape index (κ3) is 3.90. The smallest absolute Gasteiger partial charge is 0.230 e. The number of nitrogens with one attached hydrogen (secondary N) is 1. The number of nitrogens with zero attached hydrogens (tertiary/aromatic N) is 2. The van der Waals surface area contributed by atoms with Gasteiger partial charge in [-0.3, -0.25) is 4.79 Å². The topological polar surface area (TPSA) is 64.1 Å². The molecule has 0 aliphatic heterocycles. The second kappa shape index (κ2) is 7.42. The van der Waals surface area contributed by atoms with Gasteiger partial charge in [-0.25, -0.2) is 9.97 Å². The van der Waals surface area contributed by atoms with Gasteiger partial charge in [0.15, 0.2) is 5.13 Å². The molecule has 7 heteroatoms. The van der Waals surface area contributed by atoms with Crippen molar-refractivity contribution >= 4 is 34.0 Å². The number of hydrogen-bond donors (Lipinski definition) is 1. The molecule has 0 fully saturated rings. The summed E-state index contributed by atoms with van der Waals surface area (Å²) in [6, 6.07) is 11.0. The number of ether oxygens (including phenoxy) is 1. The highest BCUT2D eigenvalue weighted by atomic mass is 35.5. The first-order valence-electron chi connectivity index (χ1n) is 7.15. The molecular formula is C17H14ClN3O2S. The van der Waals surface area contributed by atoms with Crippen LogP contribution >= 0.6 is 22.9 Å². The van der Waals surface area contributed by atoms with Crippen LogP contribution in [0.1, 0.15) is 5.56 Å². The van der Waals surface area contributed by atoms with Crippen LogP contribution in [-0.4, -0.2) is 23.0 Å². The lowest BCUT2D eigenvalue weighted by atomic mass is 10.1. The van der Waals surface area contributed by atoms with Gasteiger partial charge in [0.1, 0.15) is 10.9 Å². The van der Waals surface area contributed by atoms with E-state index in [1.807, 2.05) is 35.7 Å². The fourth-order valence-corrected chi connectivity index (χ4v) is 3.12. The molecule has 0 radical (unpaired) electrons. The number of carbonyl (C=O) groups is 1. The minimum Gasteiger partial charge on any atom is -0.496 e. The number of thiazole rings is 1. The van der Waals surface area contributed by atoms with Crippen molar-refractivity contribution in [3.63, 3.8) is 0 Å². The van der Waals surface area contributed by atoms with Crippen molar-refractivity contribution in [1.82, 2.24) is 9.97 Å². The van der Waals surface area contributed by atoms with Crippen LogP contribution in [0.15, 0.2) is 48.0 Å². The molecule has 122 valence electrons. The zero-order chi connectivity index (χ0) is 16.9. The Hall–Kier alpha value is -2.44. The van der Waals surface area contributed by atoms with E-state index < -0.39 is 0 Å². The summed E-state index contributed by atoms with van der Waals surface area (Å²) in [7, 11) is 1.59. The number of benzene rings is 1. The molecule has 1 aromatic carbocycles. The summed E-state index contributed by atoms with van der Waals surface area (Å²) >= 11 is 7.25. The highest BCUT2D eigenvalue weighted by Crippen LogP contribution is 2.26. The lowest BCUT2D eigenvalue weighted by molar-refractivity contribution is -0.115. The molecule has 0 aliphatic rings. The average molecular weight is 360 g/mol. The zero-order valence-corrected chi connectivity index (χ0v) is 14.4. The Labute approximate surface area is 148 Å². The summed E-state index contributed by atoms with van der Waals surface area (Å²) in [5.74, 6) is 0.548. The third-order valence-corrected chi connectivity index (χ3v) is 4.28. The van der Waals surface area contributed by atoms with E-state index in [0.717, 1.165) is 16.8 Å². The van der Waals surface area contributed by atoms with Crippen LogP contribution in [-0.2, 0) is 11.2 Å². The maximum atomic E-state index is 12.2. The fraction of sp³-hybridized carbons (Fsp3) is 0.118. The molecule has 3 rings (SSSR count). The Bertz CT molecular complexity index is 866. The van der Waals surface area contributed by atoms with Crippen molar-refractivity contribution in [2.45, 2.75) is 6.42 Å². The number of amides is 1. The molecule has 0 saturated heterocycles. The van der Waals surface area contributed by atoms with E-state index in [9.17, 15) is 4.79 Å². The summed E-state index contributed by atoms with van der Waals surface area (Å²) in [6.45, 7) is 0.